The Hall–Kier alpha value is -5.83. The molecule has 0 N–H and O–H groups in total. The second-order valence-corrected chi connectivity index (χ2v) is 32.9. The molecule has 0 aliphatic carbocycles. The van der Waals surface area contributed by atoms with Crippen LogP contribution in [0.2, 0.25) is 51.4 Å². The van der Waals surface area contributed by atoms with Crippen LogP contribution in [0.1, 0.15) is 44.7 Å². The molecule has 0 bridgehead atoms. The lowest BCUT2D eigenvalue weighted by atomic mass is 9.93. The molecule has 3 aromatic rings. The van der Waals surface area contributed by atoms with Crippen molar-refractivity contribution in [3.63, 3.8) is 0 Å². The van der Waals surface area contributed by atoms with E-state index in [2.05, 4.69) is 43.5 Å². The molecule has 0 fully saturated rings. The number of carbonyl (C=O) groups excluding carboxylic acids is 4. The van der Waals surface area contributed by atoms with Crippen LogP contribution in [0.15, 0.2) is 54.4 Å². The quantitative estimate of drug-likeness (QED) is 0.0445. The highest BCUT2D eigenvalue weighted by Gasteiger charge is 2.51. The molecule has 4 aliphatic heterocycles. The first-order valence-electron chi connectivity index (χ1n) is 23.3. The number of ether oxygens (including phenoxy) is 7. The first kappa shape index (κ1) is 54.0. The van der Waals surface area contributed by atoms with Crippen molar-refractivity contribution in [2.75, 3.05) is 71.0 Å². The Morgan fingerprint density at radius 2 is 1.17 bits per heavy atom. The summed E-state index contributed by atoms with van der Waals surface area (Å²) in [5, 5.41) is 0. The Morgan fingerprint density at radius 1 is 0.639 bits per heavy atom. The van der Waals surface area contributed by atoms with Gasteiger partial charge in [0.2, 0.25) is 0 Å². The molecule has 0 aromatic heterocycles. The van der Waals surface area contributed by atoms with Gasteiger partial charge in [0.05, 0.1) is 57.0 Å². The Morgan fingerprint density at radius 3 is 1.67 bits per heavy atom. The number of fused-ring (bicyclic) bond motifs is 5. The molecule has 2 atom stereocenters. The fourth-order valence-electron chi connectivity index (χ4n) is 8.44. The van der Waals surface area contributed by atoms with Crippen molar-refractivity contribution in [3.05, 3.63) is 76.7 Å². The fourth-order valence-corrected chi connectivity index (χ4v) is 10.4. The molecule has 24 heteroatoms. The molecule has 18 nitrogen and oxygen atoms in total. The third kappa shape index (κ3) is 11.8. The van der Waals surface area contributed by atoms with Gasteiger partial charge in [0, 0.05) is 73.5 Å². The lowest BCUT2D eigenvalue weighted by molar-refractivity contribution is -0.124. The number of alkyl halides is 3. The highest BCUT2D eigenvalue weighted by molar-refractivity contribution is 7.87. The van der Waals surface area contributed by atoms with E-state index in [4.69, 9.17) is 33.2 Å². The van der Waals surface area contributed by atoms with E-state index in [1.54, 1.807) is 24.1 Å². The number of hydrogen-bond acceptors (Lipinski definition) is 14. The Kier molecular flexibility index (Phi) is 16.0. The van der Waals surface area contributed by atoms with Gasteiger partial charge in [-0.15, -0.1) is 0 Å². The summed E-state index contributed by atoms with van der Waals surface area (Å²) in [6.45, 7) is 13.6. The third-order valence-corrected chi connectivity index (χ3v) is 16.9. The maximum atomic E-state index is 14.6. The summed E-state index contributed by atoms with van der Waals surface area (Å²) in [5.41, 5.74) is -3.44. The van der Waals surface area contributed by atoms with E-state index in [1.807, 2.05) is 18.2 Å². The molecule has 7 rings (SSSR count). The molecule has 0 radical (unpaired) electrons. The number of hydrogen-bond donors (Lipinski definition) is 0. The summed E-state index contributed by atoms with van der Waals surface area (Å²) in [6, 6.07) is 10.9. The van der Waals surface area contributed by atoms with Gasteiger partial charge in [-0.2, -0.15) is 21.6 Å². The van der Waals surface area contributed by atoms with Crippen molar-refractivity contribution < 1.29 is 78.1 Å². The minimum absolute atomic E-state index is 0.0128. The molecule has 0 saturated heterocycles. The van der Waals surface area contributed by atoms with Crippen molar-refractivity contribution in [1.29, 1.82) is 0 Å². The van der Waals surface area contributed by atoms with Gasteiger partial charge in [0.1, 0.15) is 37.1 Å². The lowest BCUT2D eigenvalue weighted by Crippen LogP contribution is -2.51. The average Bonchev–Trinajstić information content (AvgIpc) is 3.68. The SMILES string of the molecule is COc1ccc2c(c1)CN1C(=O)c3cc(OC)c(OCCCOc4cc5c(cc4OC)C(=O)N4C=C(OS(=O)(=O)C(F)(F)F)C[C@H]4C(=O)N5COCC[Si](C)(C)C)cc3N(COCC[Si](C)(C)C)C(=O)[C@@H]1C2. The van der Waals surface area contributed by atoms with Crippen LogP contribution < -0.4 is 33.5 Å². The molecular weight excluding hydrogens is 1000 g/mol. The minimum atomic E-state index is -6.09. The van der Waals surface area contributed by atoms with Crippen LogP contribution in [0.5, 0.6) is 28.7 Å². The Balaban J connectivity index is 1.11. The molecule has 0 saturated carbocycles. The molecule has 392 valence electrons. The molecule has 0 spiro atoms. The molecular formula is C48H61F3N4O14SSi2. The van der Waals surface area contributed by atoms with E-state index in [9.17, 15) is 40.8 Å². The number of methoxy groups -OCH3 is 3. The number of anilines is 2. The summed E-state index contributed by atoms with van der Waals surface area (Å²) in [7, 11) is -4.83. The van der Waals surface area contributed by atoms with E-state index in [1.165, 1.54) is 31.3 Å². The molecule has 3 aromatic carbocycles. The van der Waals surface area contributed by atoms with Gasteiger partial charge in [-0.05, 0) is 47.5 Å². The van der Waals surface area contributed by atoms with Gasteiger partial charge in [-0.1, -0.05) is 45.3 Å². The number of amides is 4. The molecule has 0 unspecified atom stereocenters. The zero-order chi connectivity index (χ0) is 52.5. The van der Waals surface area contributed by atoms with Crippen LogP contribution in [0.4, 0.5) is 24.5 Å². The summed E-state index contributed by atoms with van der Waals surface area (Å²) in [5.74, 6) is -1.68. The normalized spacial score (nSPS) is 18.1. The highest BCUT2D eigenvalue weighted by atomic mass is 32.2. The second-order valence-electron chi connectivity index (χ2n) is 20.1. The molecule has 4 amide bonds. The zero-order valence-corrected chi connectivity index (χ0v) is 44.6. The second kappa shape index (κ2) is 21.3. The van der Waals surface area contributed by atoms with Gasteiger partial charge in [0.25, 0.3) is 23.6 Å². The van der Waals surface area contributed by atoms with E-state index in [0.29, 0.717) is 24.5 Å². The van der Waals surface area contributed by atoms with Crippen LogP contribution in [0, 0.1) is 0 Å². The van der Waals surface area contributed by atoms with Gasteiger partial charge in [-0.3, -0.25) is 33.9 Å². The standard InChI is InChI=1S/C48H61F3N4O14SSi2/c1-62-32-12-11-30-20-38-46(58)54(28-65-15-17-71(4,5)6)36-24-42(40(63-2)22-34(36)44(56)52(38)26-31(30)19-32)67-13-10-14-68-43-25-37-35(23-41(43)64-3)45(57)53-27-33(69-70(60,61)48(49,50)51)21-39(53)47(59)55(37)29-66-16-18-72(7,8)9/h11-12,19,22-25,27,38-39H,10,13-18,20-21,26,28-29H2,1-9H3/t38-,39-/m0/s1. The van der Waals surface area contributed by atoms with E-state index >= 15 is 0 Å². The van der Waals surface area contributed by atoms with Crippen LogP contribution in [0.3, 0.4) is 0 Å². The summed E-state index contributed by atoms with van der Waals surface area (Å²) < 4.78 is 109. The number of carbonyl (C=O) groups is 4. The summed E-state index contributed by atoms with van der Waals surface area (Å²) >= 11 is 0. The van der Waals surface area contributed by atoms with E-state index in [-0.39, 0.29) is 97.9 Å². The highest BCUT2D eigenvalue weighted by Crippen LogP contribution is 2.43. The number of rotatable bonds is 21. The molecule has 72 heavy (non-hydrogen) atoms. The topological polar surface area (TPSA) is 189 Å². The van der Waals surface area contributed by atoms with Crippen LogP contribution in [-0.2, 0) is 46.3 Å². The van der Waals surface area contributed by atoms with Crippen molar-refractivity contribution in [2.45, 2.75) is 94.8 Å². The predicted octanol–water partition coefficient (Wildman–Crippen LogP) is 7.37. The van der Waals surface area contributed by atoms with Gasteiger partial charge in [0.15, 0.2) is 23.0 Å². The number of nitrogens with zero attached hydrogens (tertiary/aromatic N) is 4. The number of benzene rings is 3. The maximum absolute atomic E-state index is 14.6. The van der Waals surface area contributed by atoms with Crippen LogP contribution >= 0.6 is 0 Å². The molecule has 4 heterocycles. The first-order chi connectivity index (χ1) is 33.8. The van der Waals surface area contributed by atoms with Crippen molar-refractivity contribution in [3.8, 4) is 28.7 Å². The van der Waals surface area contributed by atoms with E-state index in [0.717, 1.165) is 39.2 Å². The van der Waals surface area contributed by atoms with E-state index < -0.39 is 67.9 Å². The largest absolute Gasteiger partial charge is 0.534 e. The van der Waals surface area contributed by atoms with Crippen molar-refractivity contribution in [1.82, 2.24) is 9.80 Å². The van der Waals surface area contributed by atoms with Crippen molar-refractivity contribution in [2.24, 2.45) is 0 Å². The zero-order valence-electron chi connectivity index (χ0n) is 41.8. The average molecular weight is 1060 g/mol. The van der Waals surface area contributed by atoms with Gasteiger partial charge >= 0.3 is 15.6 Å². The monoisotopic (exact) mass is 1060 g/mol. The Labute approximate surface area is 418 Å². The number of halogens is 3. The lowest BCUT2D eigenvalue weighted by Gasteiger charge is -2.35. The third-order valence-electron chi connectivity index (χ3n) is 12.5. The van der Waals surface area contributed by atoms with Gasteiger partial charge in [-0.25, -0.2) is 0 Å². The fraction of sp³-hybridized carbons (Fsp3) is 0.500. The smallest absolute Gasteiger partial charge is 0.497 e. The summed E-state index contributed by atoms with van der Waals surface area (Å²) in [4.78, 5) is 62.5. The summed E-state index contributed by atoms with van der Waals surface area (Å²) in [6.07, 6.45) is 0.674. The Bertz CT molecular complexity index is 2730. The van der Waals surface area contributed by atoms with Gasteiger partial charge < -0.3 is 42.2 Å². The van der Waals surface area contributed by atoms with Crippen molar-refractivity contribution >= 4 is 61.3 Å². The first-order valence-corrected chi connectivity index (χ1v) is 32.2. The van der Waals surface area contributed by atoms with Crippen LogP contribution in [0.25, 0.3) is 0 Å². The minimum Gasteiger partial charge on any atom is -0.497 e. The molecule has 4 aliphatic rings. The van der Waals surface area contributed by atoms with Crippen LogP contribution in [-0.4, -0.2) is 137 Å². The maximum Gasteiger partial charge on any atom is 0.534 e. The predicted molar refractivity (Wildman–Crippen MR) is 264 cm³/mol.